The van der Waals surface area contributed by atoms with Crippen molar-refractivity contribution in [2.45, 2.75) is 59.7 Å². The molecule has 0 amide bonds. The molecule has 0 spiro atoms. The molecule has 0 aliphatic rings. The first-order chi connectivity index (χ1) is 10.4. The van der Waals surface area contributed by atoms with Crippen molar-refractivity contribution >= 4 is 11.3 Å². The van der Waals surface area contributed by atoms with Crippen molar-refractivity contribution in [3.05, 3.63) is 33.0 Å². The highest BCUT2D eigenvalue weighted by Crippen LogP contribution is 2.28. The first kappa shape index (κ1) is 17.1. The van der Waals surface area contributed by atoms with Gasteiger partial charge in [-0.3, -0.25) is 4.68 Å². The molecule has 2 rings (SSSR count). The lowest BCUT2D eigenvalue weighted by atomic mass is 9.99. The molecule has 0 saturated carbocycles. The van der Waals surface area contributed by atoms with Gasteiger partial charge in [0.2, 0.25) is 0 Å². The van der Waals surface area contributed by atoms with Crippen molar-refractivity contribution in [2.75, 3.05) is 6.61 Å². The zero-order valence-corrected chi connectivity index (χ0v) is 14.9. The second-order valence-electron chi connectivity index (χ2n) is 5.93. The van der Waals surface area contributed by atoms with E-state index in [0.717, 1.165) is 35.1 Å². The van der Waals surface area contributed by atoms with Gasteiger partial charge in [-0.05, 0) is 34.1 Å². The predicted octanol–water partition coefficient (Wildman–Crippen LogP) is 2.67. The summed E-state index contributed by atoms with van der Waals surface area (Å²) >= 11 is 1.71. The molecule has 0 bridgehead atoms. The fourth-order valence-electron chi connectivity index (χ4n) is 2.54. The van der Waals surface area contributed by atoms with Gasteiger partial charge in [-0.15, -0.1) is 11.3 Å². The van der Waals surface area contributed by atoms with E-state index < -0.39 is 0 Å². The number of thiazole rings is 1. The maximum absolute atomic E-state index is 9.11. The zero-order valence-electron chi connectivity index (χ0n) is 14.1. The van der Waals surface area contributed by atoms with Crippen molar-refractivity contribution in [2.24, 2.45) is 0 Å². The lowest BCUT2D eigenvalue weighted by Crippen LogP contribution is -2.38. The molecule has 22 heavy (non-hydrogen) atoms. The van der Waals surface area contributed by atoms with Crippen LogP contribution in [0.5, 0.6) is 0 Å². The van der Waals surface area contributed by atoms with Crippen LogP contribution in [0.3, 0.4) is 0 Å². The summed E-state index contributed by atoms with van der Waals surface area (Å²) in [5.74, 6) is 0. The maximum Gasteiger partial charge on any atom is 0.113 e. The molecular formula is C16H26N4OS. The molecule has 6 heteroatoms. The van der Waals surface area contributed by atoms with Crippen LogP contribution in [0, 0.1) is 20.8 Å². The van der Waals surface area contributed by atoms with E-state index in [1.54, 1.807) is 11.3 Å². The van der Waals surface area contributed by atoms with Gasteiger partial charge in [0.1, 0.15) is 5.01 Å². The summed E-state index contributed by atoms with van der Waals surface area (Å²) < 4.78 is 1.88. The molecule has 0 saturated heterocycles. The Balaban J connectivity index is 2.17. The van der Waals surface area contributed by atoms with Crippen LogP contribution in [0.25, 0.3) is 0 Å². The molecule has 0 aliphatic heterocycles. The zero-order chi connectivity index (χ0) is 16.3. The van der Waals surface area contributed by atoms with Crippen molar-refractivity contribution < 1.29 is 5.11 Å². The number of hydrogen-bond donors (Lipinski definition) is 2. The third-order valence-corrected chi connectivity index (χ3v) is 5.52. The molecule has 1 unspecified atom stereocenters. The van der Waals surface area contributed by atoms with Crippen LogP contribution in [0.1, 0.15) is 47.9 Å². The van der Waals surface area contributed by atoms with E-state index in [1.165, 1.54) is 5.56 Å². The Morgan fingerprint density at radius 1 is 1.36 bits per heavy atom. The Labute approximate surface area is 136 Å². The third-order valence-electron chi connectivity index (χ3n) is 4.30. The average Bonchev–Trinajstić information content (AvgIpc) is 3.03. The minimum atomic E-state index is -0.128. The van der Waals surface area contributed by atoms with Gasteiger partial charge in [-0.25, -0.2) is 4.98 Å². The lowest BCUT2D eigenvalue weighted by molar-refractivity contribution is 0.267. The number of aryl methyl sites for hydroxylation is 2. The maximum atomic E-state index is 9.11. The van der Waals surface area contributed by atoms with Crippen LogP contribution in [-0.4, -0.2) is 26.5 Å². The van der Waals surface area contributed by atoms with Gasteiger partial charge < -0.3 is 10.4 Å². The average molecular weight is 322 g/mol. The number of aliphatic hydroxyl groups is 1. The van der Waals surface area contributed by atoms with Gasteiger partial charge >= 0.3 is 0 Å². The van der Waals surface area contributed by atoms with Crippen LogP contribution in [0.2, 0.25) is 0 Å². The molecule has 0 radical (unpaired) electrons. The van der Waals surface area contributed by atoms with Gasteiger partial charge in [0, 0.05) is 28.9 Å². The van der Waals surface area contributed by atoms with Gasteiger partial charge in [0.15, 0.2) is 0 Å². The highest BCUT2D eigenvalue weighted by molar-refractivity contribution is 7.09. The summed E-state index contributed by atoms with van der Waals surface area (Å²) in [5.41, 5.74) is 4.29. The predicted molar refractivity (Wildman–Crippen MR) is 90.1 cm³/mol. The van der Waals surface area contributed by atoms with E-state index in [2.05, 4.69) is 41.6 Å². The van der Waals surface area contributed by atoms with Crippen molar-refractivity contribution in [1.82, 2.24) is 20.1 Å². The minimum Gasteiger partial charge on any atom is -0.394 e. The minimum absolute atomic E-state index is 0.111. The molecule has 0 aliphatic carbocycles. The first-order valence-corrected chi connectivity index (χ1v) is 8.60. The topological polar surface area (TPSA) is 63.0 Å². The number of aromatic nitrogens is 3. The Morgan fingerprint density at radius 2 is 2.09 bits per heavy atom. The molecule has 2 heterocycles. The Hall–Kier alpha value is -1.24. The van der Waals surface area contributed by atoms with Gasteiger partial charge in [-0.1, -0.05) is 6.92 Å². The van der Waals surface area contributed by atoms with Crippen molar-refractivity contribution in [1.29, 1.82) is 0 Å². The van der Waals surface area contributed by atoms with Crippen molar-refractivity contribution in [3.63, 3.8) is 0 Å². The molecule has 2 aromatic rings. The van der Waals surface area contributed by atoms with Crippen LogP contribution >= 0.6 is 11.3 Å². The second-order valence-corrected chi connectivity index (χ2v) is 6.79. The van der Waals surface area contributed by atoms with Gasteiger partial charge in [0.25, 0.3) is 0 Å². The fraction of sp³-hybridized carbons (Fsp3) is 0.625. The molecule has 0 fully saturated rings. The van der Waals surface area contributed by atoms with E-state index >= 15 is 0 Å². The summed E-state index contributed by atoms with van der Waals surface area (Å²) in [7, 11) is 0. The Bertz CT molecular complexity index is 634. The number of nitrogens with one attached hydrogen (secondary N) is 1. The fourth-order valence-corrected chi connectivity index (χ4v) is 3.55. The Kier molecular flexibility index (Phi) is 5.36. The molecular weight excluding hydrogens is 296 g/mol. The normalized spacial score (nSPS) is 14.3. The number of rotatable bonds is 7. The highest BCUT2D eigenvalue weighted by atomic mass is 32.1. The summed E-state index contributed by atoms with van der Waals surface area (Å²) in [5, 5.41) is 20.5. The standard InChI is InChI=1S/C16H26N4OS/c1-6-16(5,15-18-11(2)10-22-15)17-9-14-12(3)19-20(7-8-21)13(14)4/h10,17,21H,6-9H2,1-5H3. The van der Waals surface area contributed by atoms with Crippen molar-refractivity contribution in [3.8, 4) is 0 Å². The van der Waals surface area contributed by atoms with Crippen LogP contribution < -0.4 is 5.32 Å². The van der Waals surface area contributed by atoms with Gasteiger partial charge in [0.05, 0.1) is 24.4 Å². The van der Waals surface area contributed by atoms with E-state index in [9.17, 15) is 0 Å². The summed E-state index contributed by atoms with van der Waals surface area (Å²) in [6, 6.07) is 0. The van der Waals surface area contributed by atoms with E-state index in [0.29, 0.717) is 6.54 Å². The number of aliphatic hydroxyl groups excluding tert-OH is 1. The smallest absolute Gasteiger partial charge is 0.113 e. The van der Waals surface area contributed by atoms with Crippen LogP contribution in [0.4, 0.5) is 0 Å². The van der Waals surface area contributed by atoms with E-state index in [-0.39, 0.29) is 12.1 Å². The highest BCUT2D eigenvalue weighted by Gasteiger charge is 2.28. The number of nitrogens with zero attached hydrogens (tertiary/aromatic N) is 3. The summed E-state index contributed by atoms with van der Waals surface area (Å²) in [6.45, 7) is 11.9. The second kappa shape index (κ2) is 6.89. The molecule has 122 valence electrons. The van der Waals surface area contributed by atoms with Crippen LogP contribution in [-0.2, 0) is 18.6 Å². The third kappa shape index (κ3) is 3.39. The van der Waals surface area contributed by atoms with Crippen LogP contribution in [0.15, 0.2) is 5.38 Å². The lowest BCUT2D eigenvalue weighted by Gasteiger charge is -2.27. The summed E-state index contributed by atoms with van der Waals surface area (Å²) in [4.78, 5) is 4.65. The summed E-state index contributed by atoms with van der Waals surface area (Å²) in [6.07, 6.45) is 0.975. The number of hydrogen-bond acceptors (Lipinski definition) is 5. The Morgan fingerprint density at radius 3 is 2.64 bits per heavy atom. The largest absolute Gasteiger partial charge is 0.394 e. The monoisotopic (exact) mass is 322 g/mol. The molecule has 0 aromatic carbocycles. The SMILES string of the molecule is CCC(C)(NCc1c(C)nn(CCO)c1C)c1nc(C)cs1. The van der Waals surface area contributed by atoms with E-state index in [4.69, 9.17) is 5.11 Å². The molecule has 2 N–H and O–H groups in total. The van der Waals surface area contributed by atoms with Gasteiger partial charge in [-0.2, -0.15) is 5.10 Å². The quantitative estimate of drug-likeness (QED) is 0.823. The van der Waals surface area contributed by atoms with E-state index in [1.807, 2.05) is 18.5 Å². The molecule has 5 nitrogen and oxygen atoms in total. The molecule has 2 aromatic heterocycles. The molecule has 1 atom stereocenters. The first-order valence-electron chi connectivity index (χ1n) is 7.72.